The molecule has 6 heteroatoms. The topological polar surface area (TPSA) is 46.4 Å². The van der Waals surface area contributed by atoms with Gasteiger partial charge < -0.3 is 9.30 Å². The van der Waals surface area contributed by atoms with Crippen LogP contribution in [0.3, 0.4) is 0 Å². The maximum atomic E-state index is 5.78. The molecule has 6 nitrogen and oxygen atoms in total. The molecule has 0 N–H and O–H groups in total. The molecule has 0 radical (unpaired) electrons. The summed E-state index contributed by atoms with van der Waals surface area (Å²) in [6.45, 7) is 9.23. The van der Waals surface area contributed by atoms with Gasteiger partial charge in [-0.1, -0.05) is 25.1 Å². The van der Waals surface area contributed by atoms with Gasteiger partial charge in [0.05, 0.1) is 6.54 Å². The summed E-state index contributed by atoms with van der Waals surface area (Å²) in [6.07, 6.45) is 0.964. The first kappa shape index (κ1) is 15.6. The molecule has 128 valence electrons. The van der Waals surface area contributed by atoms with Gasteiger partial charge in [-0.25, -0.2) is 0 Å². The van der Waals surface area contributed by atoms with Gasteiger partial charge in [-0.15, -0.1) is 10.2 Å². The average molecular weight is 327 g/mol. The van der Waals surface area contributed by atoms with Crippen molar-refractivity contribution in [1.29, 1.82) is 0 Å². The molecule has 1 saturated heterocycles. The number of nitrogens with zero attached hydrogens (tertiary/aromatic N) is 5. The number of hydrogen-bond donors (Lipinski definition) is 0. The summed E-state index contributed by atoms with van der Waals surface area (Å²) in [5, 5.41) is 8.66. The first-order valence-corrected chi connectivity index (χ1v) is 8.88. The summed E-state index contributed by atoms with van der Waals surface area (Å²) in [5.74, 6) is 3.21. The van der Waals surface area contributed by atoms with E-state index in [1.165, 1.54) is 0 Å². The van der Waals surface area contributed by atoms with Crippen LogP contribution in [0.2, 0.25) is 0 Å². The van der Waals surface area contributed by atoms with E-state index in [1.807, 2.05) is 30.3 Å². The summed E-state index contributed by atoms with van der Waals surface area (Å²) in [6, 6.07) is 10.7. The van der Waals surface area contributed by atoms with Crippen molar-refractivity contribution in [1.82, 2.24) is 24.6 Å². The standard InChI is InChI=1S/C18H25N5O/c1-2-17-19-20-18-14-22(8-9-23(17)18)15-12-21(13-15)10-11-24-16-6-4-3-5-7-16/h3-7,15H,2,8-14H2,1H3. The van der Waals surface area contributed by atoms with Crippen LogP contribution in [0.15, 0.2) is 30.3 Å². The number of para-hydroxylation sites is 1. The molecule has 1 aromatic heterocycles. The zero-order valence-electron chi connectivity index (χ0n) is 14.3. The van der Waals surface area contributed by atoms with Gasteiger partial charge in [0.2, 0.25) is 0 Å². The smallest absolute Gasteiger partial charge is 0.147 e. The average Bonchev–Trinajstić information content (AvgIpc) is 3.00. The normalized spacial score (nSPS) is 19.0. The second kappa shape index (κ2) is 6.91. The quantitative estimate of drug-likeness (QED) is 0.803. The third kappa shape index (κ3) is 3.16. The molecule has 1 fully saturated rings. The highest BCUT2D eigenvalue weighted by molar-refractivity contribution is 5.20. The number of hydrogen-bond acceptors (Lipinski definition) is 5. The van der Waals surface area contributed by atoms with Crippen molar-refractivity contribution in [3.8, 4) is 5.75 Å². The van der Waals surface area contributed by atoms with Gasteiger partial charge in [0.25, 0.3) is 0 Å². The molecule has 2 aromatic rings. The van der Waals surface area contributed by atoms with E-state index in [0.29, 0.717) is 6.04 Å². The van der Waals surface area contributed by atoms with Gasteiger partial charge in [0.1, 0.15) is 24.0 Å². The largest absolute Gasteiger partial charge is 0.492 e. The molecule has 24 heavy (non-hydrogen) atoms. The Hall–Kier alpha value is -1.92. The van der Waals surface area contributed by atoms with Gasteiger partial charge in [-0.05, 0) is 12.1 Å². The predicted molar refractivity (Wildman–Crippen MR) is 92.0 cm³/mol. The Balaban J connectivity index is 1.21. The Morgan fingerprint density at radius 1 is 1.12 bits per heavy atom. The summed E-state index contributed by atoms with van der Waals surface area (Å²) in [7, 11) is 0. The summed E-state index contributed by atoms with van der Waals surface area (Å²) >= 11 is 0. The van der Waals surface area contributed by atoms with E-state index in [0.717, 1.165) is 69.7 Å². The third-order valence-electron chi connectivity index (χ3n) is 5.05. The van der Waals surface area contributed by atoms with E-state index >= 15 is 0 Å². The highest BCUT2D eigenvalue weighted by Gasteiger charge is 2.34. The third-order valence-corrected chi connectivity index (χ3v) is 5.05. The lowest BCUT2D eigenvalue weighted by Gasteiger charge is -2.46. The highest BCUT2D eigenvalue weighted by Crippen LogP contribution is 2.21. The lowest BCUT2D eigenvalue weighted by atomic mass is 10.1. The number of benzene rings is 1. The molecule has 4 rings (SSSR count). The van der Waals surface area contributed by atoms with Crippen molar-refractivity contribution >= 4 is 0 Å². The molecule has 0 saturated carbocycles. The van der Waals surface area contributed by atoms with E-state index in [4.69, 9.17) is 4.74 Å². The highest BCUT2D eigenvalue weighted by atomic mass is 16.5. The fourth-order valence-electron chi connectivity index (χ4n) is 3.58. The van der Waals surface area contributed by atoms with Crippen LogP contribution in [0.25, 0.3) is 0 Å². The van der Waals surface area contributed by atoms with Crippen LogP contribution in [0.1, 0.15) is 18.6 Å². The number of ether oxygens (including phenoxy) is 1. The fraction of sp³-hybridized carbons (Fsp3) is 0.556. The Bertz CT molecular complexity index is 665. The van der Waals surface area contributed by atoms with E-state index < -0.39 is 0 Å². The Labute approximate surface area is 143 Å². The van der Waals surface area contributed by atoms with Crippen LogP contribution < -0.4 is 4.74 Å². The van der Waals surface area contributed by atoms with Crippen molar-refractivity contribution in [2.75, 3.05) is 32.8 Å². The lowest BCUT2D eigenvalue weighted by Crippen LogP contribution is -2.61. The van der Waals surface area contributed by atoms with Crippen molar-refractivity contribution in [2.24, 2.45) is 0 Å². The second-order valence-electron chi connectivity index (χ2n) is 6.58. The number of aromatic nitrogens is 3. The van der Waals surface area contributed by atoms with E-state index in [-0.39, 0.29) is 0 Å². The summed E-state index contributed by atoms with van der Waals surface area (Å²) in [5.41, 5.74) is 0. The second-order valence-corrected chi connectivity index (χ2v) is 6.58. The molecule has 0 atom stereocenters. The van der Waals surface area contributed by atoms with Crippen LogP contribution in [0.4, 0.5) is 0 Å². The van der Waals surface area contributed by atoms with Gasteiger partial charge >= 0.3 is 0 Å². The number of aryl methyl sites for hydroxylation is 1. The first-order chi connectivity index (χ1) is 11.8. The Kier molecular flexibility index (Phi) is 4.49. The Morgan fingerprint density at radius 2 is 1.96 bits per heavy atom. The van der Waals surface area contributed by atoms with Crippen molar-refractivity contribution in [3.63, 3.8) is 0 Å². The van der Waals surface area contributed by atoms with Gasteiger partial charge in [-0.3, -0.25) is 9.80 Å². The lowest BCUT2D eigenvalue weighted by molar-refractivity contribution is 0.0112. The minimum atomic E-state index is 0.650. The van der Waals surface area contributed by atoms with Crippen LogP contribution in [0.5, 0.6) is 5.75 Å². The van der Waals surface area contributed by atoms with Crippen molar-refractivity contribution in [2.45, 2.75) is 32.5 Å². The minimum absolute atomic E-state index is 0.650. The zero-order chi connectivity index (χ0) is 16.4. The Morgan fingerprint density at radius 3 is 2.75 bits per heavy atom. The molecular formula is C18H25N5O. The molecule has 1 aromatic carbocycles. The molecule has 0 amide bonds. The van der Waals surface area contributed by atoms with Crippen LogP contribution in [0, 0.1) is 0 Å². The summed E-state index contributed by atoms with van der Waals surface area (Å²) in [4.78, 5) is 5.02. The predicted octanol–water partition coefficient (Wildman–Crippen LogP) is 1.42. The van der Waals surface area contributed by atoms with Crippen molar-refractivity contribution in [3.05, 3.63) is 42.0 Å². The molecule has 0 bridgehead atoms. The first-order valence-electron chi connectivity index (χ1n) is 8.88. The number of likely N-dealkylation sites (tertiary alicyclic amines) is 1. The minimum Gasteiger partial charge on any atom is -0.492 e. The zero-order valence-corrected chi connectivity index (χ0v) is 14.3. The van der Waals surface area contributed by atoms with Crippen molar-refractivity contribution < 1.29 is 4.74 Å². The van der Waals surface area contributed by atoms with Crippen LogP contribution in [-0.4, -0.2) is 63.4 Å². The maximum absolute atomic E-state index is 5.78. The van der Waals surface area contributed by atoms with Gasteiger partial charge in [-0.2, -0.15) is 0 Å². The fourth-order valence-corrected chi connectivity index (χ4v) is 3.58. The molecule has 3 heterocycles. The van der Waals surface area contributed by atoms with Crippen LogP contribution in [-0.2, 0) is 19.5 Å². The molecule has 0 aliphatic carbocycles. The van der Waals surface area contributed by atoms with Gasteiger partial charge in [0.15, 0.2) is 0 Å². The monoisotopic (exact) mass is 327 g/mol. The number of rotatable bonds is 6. The van der Waals surface area contributed by atoms with Crippen LogP contribution >= 0.6 is 0 Å². The molecule has 2 aliphatic rings. The SMILES string of the molecule is CCc1nnc2n1CCN(C1CN(CCOc3ccccc3)C1)C2. The maximum Gasteiger partial charge on any atom is 0.147 e. The molecule has 0 spiro atoms. The molecular weight excluding hydrogens is 302 g/mol. The molecule has 0 unspecified atom stereocenters. The van der Waals surface area contributed by atoms with E-state index in [1.54, 1.807) is 0 Å². The van der Waals surface area contributed by atoms with E-state index in [9.17, 15) is 0 Å². The number of fused-ring (bicyclic) bond motifs is 1. The molecule has 2 aliphatic heterocycles. The van der Waals surface area contributed by atoms with E-state index in [2.05, 4.69) is 31.5 Å². The summed E-state index contributed by atoms with van der Waals surface area (Å²) < 4.78 is 8.07. The van der Waals surface area contributed by atoms with Gasteiger partial charge in [0, 0.05) is 45.2 Å².